The number of carbonyl (C=O) groups is 1. The zero-order chi connectivity index (χ0) is 13.5. The highest BCUT2D eigenvalue weighted by atomic mass is 35.5. The van der Waals surface area contributed by atoms with Gasteiger partial charge in [-0.2, -0.15) is 0 Å². The van der Waals surface area contributed by atoms with E-state index in [1.807, 2.05) is 19.2 Å². The minimum absolute atomic E-state index is 0.332. The van der Waals surface area contributed by atoms with E-state index < -0.39 is 12.1 Å². The minimum Gasteiger partial charge on any atom is -0.477 e. The summed E-state index contributed by atoms with van der Waals surface area (Å²) < 4.78 is 10.5. The standard InChI is InChI=1S/C13H18ClNO3/c1-4-17-13(16)9(2)18-12-10(8-15-3)6-5-7-11(12)14/h5-7,9,15H,4,8H2,1-3H3. The van der Waals surface area contributed by atoms with E-state index in [4.69, 9.17) is 21.1 Å². The molecule has 0 aliphatic heterocycles. The molecule has 0 saturated carbocycles. The average molecular weight is 272 g/mol. The molecule has 0 aliphatic carbocycles. The molecule has 0 saturated heterocycles. The van der Waals surface area contributed by atoms with Gasteiger partial charge in [0.1, 0.15) is 5.75 Å². The number of halogens is 1. The second-order valence-corrected chi connectivity index (χ2v) is 4.18. The van der Waals surface area contributed by atoms with Crippen molar-refractivity contribution in [2.75, 3.05) is 13.7 Å². The first-order chi connectivity index (χ1) is 8.60. The van der Waals surface area contributed by atoms with Gasteiger partial charge in [-0.15, -0.1) is 0 Å². The van der Waals surface area contributed by atoms with Crippen molar-refractivity contribution in [3.05, 3.63) is 28.8 Å². The lowest BCUT2D eigenvalue weighted by atomic mass is 10.2. The molecule has 1 aromatic carbocycles. The molecular weight excluding hydrogens is 254 g/mol. The maximum Gasteiger partial charge on any atom is 0.347 e. The van der Waals surface area contributed by atoms with Crippen molar-refractivity contribution in [2.24, 2.45) is 0 Å². The Bertz CT molecular complexity index is 409. The summed E-state index contributed by atoms with van der Waals surface area (Å²) in [6.07, 6.45) is -0.680. The third-order valence-electron chi connectivity index (χ3n) is 2.33. The maximum absolute atomic E-state index is 11.5. The quantitative estimate of drug-likeness (QED) is 0.807. The first kappa shape index (κ1) is 14.8. The molecule has 0 aromatic heterocycles. The lowest BCUT2D eigenvalue weighted by Crippen LogP contribution is -2.26. The van der Waals surface area contributed by atoms with E-state index in [1.54, 1.807) is 19.9 Å². The zero-order valence-corrected chi connectivity index (χ0v) is 11.6. The van der Waals surface area contributed by atoms with Crippen LogP contribution in [0.3, 0.4) is 0 Å². The number of carbonyl (C=O) groups excluding carboxylic acids is 1. The van der Waals surface area contributed by atoms with Gasteiger partial charge in [0.2, 0.25) is 0 Å². The van der Waals surface area contributed by atoms with Crippen molar-refractivity contribution in [2.45, 2.75) is 26.5 Å². The second-order valence-electron chi connectivity index (χ2n) is 3.77. The van der Waals surface area contributed by atoms with E-state index >= 15 is 0 Å². The van der Waals surface area contributed by atoms with Crippen LogP contribution in [0.1, 0.15) is 19.4 Å². The molecule has 5 heteroatoms. The highest BCUT2D eigenvalue weighted by Gasteiger charge is 2.18. The molecule has 0 bridgehead atoms. The number of hydrogen-bond donors (Lipinski definition) is 1. The first-order valence-electron chi connectivity index (χ1n) is 5.85. The third-order valence-corrected chi connectivity index (χ3v) is 2.63. The number of ether oxygens (including phenoxy) is 2. The molecule has 0 spiro atoms. The number of para-hydroxylation sites is 1. The van der Waals surface area contributed by atoms with Crippen molar-refractivity contribution in [1.82, 2.24) is 5.32 Å². The molecule has 1 aromatic rings. The van der Waals surface area contributed by atoms with E-state index in [2.05, 4.69) is 5.32 Å². The van der Waals surface area contributed by atoms with Crippen molar-refractivity contribution in [1.29, 1.82) is 0 Å². The van der Waals surface area contributed by atoms with Gasteiger partial charge in [-0.05, 0) is 27.0 Å². The van der Waals surface area contributed by atoms with Crippen LogP contribution >= 0.6 is 11.6 Å². The molecule has 1 unspecified atom stereocenters. The summed E-state index contributed by atoms with van der Waals surface area (Å²) in [5, 5.41) is 3.51. The van der Waals surface area contributed by atoms with Crippen LogP contribution in [0.4, 0.5) is 0 Å². The lowest BCUT2D eigenvalue weighted by molar-refractivity contribution is -0.150. The Morgan fingerprint density at radius 2 is 2.22 bits per heavy atom. The van der Waals surface area contributed by atoms with Crippen molar-refractivity contribution >= 4 is 17.6 Å². The van der Waals surface area contributed by atoms with E-state index in [-0.39, 0.29) is 0 Å². The summed E-state index contributed by atoms with van der Waals surface area (Å²) in [4.78, 5) is 11.5. The van der Waals surface area contributed by atoms with E-state index in [0.29, 0.717) is 23.9 Å². The maximum atomic E-state index is 11.5. The molecule has 0 amide bonds. The topological polar surface area (TPSA) is 47.6 Å². The average Bonchev–Trinajstić information content (AvgIpc) is 2.34. The van der Waals surface area contributed by atoms with Gasteiger partial charge in [0.15, 0.2) is 6.10 Å². The van der Waals surface area contributed by atoms with Crippen LogP contribution in [0.5, 0.6) is 5.75 Å². The zero-order valence-electron chi connectivity index (χ0n) is 10.8. The fraction of sp³-hybridized carbons (Fsp3) is 0.462. The van der Waals surface area contributed by atoms with E-state index in [0.717, 1.165) is 5.56 Å². The first-order valence-corrected chi connectivity index (χ1v) is 6.23. The SMILES string of the molecule is CCOC(=O)C(C)Oc1c(Cl)cccc1CNC. The number of benzene rings is 1. The molecule has 0 heterocycles. The van der Waals surface area contributed by atoms with Crippen molar-refractivity contribution in [3.8, 4) is 5.75 Å². The van der Waals surface area contributed by atoms with Gasteiger partial charge in [0.25, 0.3) is 0 Å². The fourth-order valence-corrected chi connectivity index (χ4v) is 1.74. The predicted molar refractivity (Wildman–Crippen MR) is 70.9 cm³/mol. The number of rotatable bonds is 6. The number of esters is 1. The van der Waals surface area contributed by atoms with Gasteiger partial charge in [-0.1, -0.05) is 23.7 Å². The van der Waals surface area contributed by atoms with Gasteiger partial charge in [0, 0.05) is 12.1 Å². The monoisotopic (exact) mass is 271 g/mol. The van der Waals surface area contributed by atoms with Crippen LogP contribution in [0, 0.1) is 0 Å². The Kier molecular flexibility index (Phi) is 5.95. The molecule has 0 fully saturated rings. The second kappa shape index (κ2) is 7.24. The summed E-state index contributed by atoms with van der Waals surface area (Å²) in [5.41, 5.74) is 0.904. The van der Waals surface area contributed by atoms with Crippen LogP contribution in [-0.2, 0) is 16.1 Å². The van der Waals surface area contributed by atoms with Gasteiger partial charge in [-0.25, -0.2) is 4.79 Å². The highest BCUT2D eigenvalue weighted by molar-refractivity contribution is 6.32. The minimum atomic E-state index is -0.680. The Balaban J connectivity index is 2.85. The van der Waals surface area contributed by atoms with Gasteiger partial charge >= 0.3 is 5.97 Å². The Morgan fingerprint density at radius 3 is 2.83 bits per heavy atom. The van der Waals surface area contributed by atoms with Crippen molar-refractivity contribution < 1.29 is 14.3 Å². The van der Waals surface area contributed by atoms with Gasteiger partial charge in [0.05, 0.1) is 11.6 Å². The summed E-state index contributed by atoms with van der Waals surface area (Å²) in [6, 6.07) is 5.47. The third kappa shape index (κ3) is 3.89. The Labute approximate surface area is 112 Å². The van der Waals surface area contributed by atoms with Crippen LogP contribution in [-0.4, -0.2) is 25.7 Å². The smallest absolute Gasteiger partial charge is 0.347 e. The van der Waals surface area contributed by atoms with Gasteiger partial charge < -0.3 is 14.8 Å². The molecular formula is C13H18ClNO3. The molecule has 18 heavy (non-hydrogen) atoms. The summed E-state index contributed by atoms with van der Waals surface area (Å²) in [5.74, 6) is 0.127. The van der Waals surface area contributed by atoms with Crippen LogP contribution in [0.2, 0.25) is 5.02 Å². The summed E-state index contributed by atoms with van der Waals surface area (Å²) in [6.45, 7) is 4.35. The van der Waals surface area contributed by atoms with E-state index in [1.165, 1.54) is 0 Å². The van der Waals surface area contributed by atoms with Crippen LogP contribution < -0.4 is 10.1 Å². The molecule has 1 atom stereocenters. The van der Waals surface area contributed by atoms with Gasteiger partial charge in [-0.3, -0.25) is 0 Å². The number of nitrogens with one attached hydrogen (secondary N) is 1. The molecule has 1 N–H and O–H groups in total. The normalized spacial score (nSPS) is 12.0. The molecule has 0 aliphatic rings. The molecule has 0 radical (unpaired) electrons. The van der Waals surface area contributed by atoms with E-state index in [9.17, 15) is 4.79 Å². The van der Waals surface area contributed by atoms with Crippen LogP contribution in [0.25, 0.3) is 0 Å². The molecule has 100 valence electrons. The molecule has 4 nitrogen and oxygen atoms in total. The summed E-state index contributed by atoms with van der Waals surface area (Å²) >= 11 is 6.09. The van der Waals surface area contributed by atoms with Crippen LogP contribution in [0.15, 0.2) is 18.2 Å². The summed E-state index contributed by atoms with van der Waals surface area (Å²) in [7, 11) is 1.83. The lowest BCUT2D eigenvalue weighted by Gasteiger charge is -2.17. The predicted octanol–water partition coefficient (Wildman–Crippen LogP) is 2.39. The Morgan fingerprint density at radius 1 is 1.50 bits per heavy atom. The Hall–Kier alpha value is -1.26. The number of hydrogen-bond acceptors (Lipinski definition) is 4. The van der Waals surface area contributed by atoms with Crippen molar-refractivity contribution in [3.63, 3.8) is 0 Å². The molecule has 1 rings (SSSR count). The fourth-order valence-electron chi connectivity index (χ4n) is 1.50. The largest absolute Gasteiger partial charge is 0.477 e. The highest BCUT2D eigenvalue weighted by Crippen LogP contribution is 2.29.